The molecule has 98 valence electrons. The monoisotopic (exact) mass is 249 g/mol. The van der Waals surface area contributed by atoms with E-state index in [1.807, 2.05) is 18.2 Å². The number of carbonyl (C=O) groups is 1. The predicted molar refractivity (Wildman–Crippen MR) is 71.1 cm³/mol. The van der Waals surface area contributed by atoms with Crippen molar-refractivity contribution in [3.05, 3.63) is 24.3 Å². The Morgan fingerprint density at radius 2 is 2.22 bits per heavy atom. The second kappa shape index (κ2) is 6.26. The molecule has 0 atom stereocenters. The van der Waals surface area contributed by atoms with Crippen LogP contribution in [0.15, 0.2) is 24.3 Å². The molecule has 1 fully saturated rings. The van der Waals surface area contributed by atoms with Crippen LogP contribution in [-0.2, 0) is 4.79 Å². The Morgan fingerprint density at radius 1 is 1.44 bits per heavy atom. The molecule has 1 saturated heterocycles. The van der Waals surface area contributed by atoms with Crippen LogP contribution < -0.4 is 20.3 Å². The second-order valence-electron chi connectivity index (χ2n) is 4.20. The van der Waals surface area contributed by atoms with Crippen molar-refractivity contribution >= 4 is 11.6 Å². The Balaban J connectivity index is 1.98. The zero-order valence-corrected chi connectivity index (χ0v) is 10.6. The Bertz CT molecular complexity index is 403. The zero-order chi connectivity index (χ0) is 12.8. The number of piperazine rings is 1. The van der Waals surface area contributed by atoms with Crippen LogP contribution in [0.2, 0.25) is 0 Å². The summed E-state index contributed by atoms with van der Waals surface area (Å²) in [4.78, 5) is 13.4. The highest BCUT2D eigenvalue weighted by Crippen LogP contribution is 2.21. The fourth-order valence-corrected chi connectivity index (χ4v) is 1.91. The van der Waals surface area contributed by atoms with Crippen molar-refractivity contribution in [1.29, 1.82) is 0 Å². The average molecular weight is 249 g/mol. The number of anilines is 1. The number of nitrogens with one attached hydrogen (secondary N) is 2. The summed E-state index contributed by atoms with van der Waals surface area (Å²) in [5.74, 6) is 0.609. The highest BCUT2D eigenvalue weighted by molar-refractivity contribution is 5.77. The van der Waals surface area contributed by atoms with Crippen LogP contribution in [0.25, 0.3) is 0 Å². The Hall–Kier alpha value is -1.75. The molecule has 0 saturated carbocycles. The SMILES string of the molecule is CNC(=O)COc1cccc(N2CCNCC2)c1. The van der Waals surface area contributed by atoms with Gasteiger partial charge in [-0.1, -0.05) is 6.07 Å². The predicted octanol–water partition coefficient (Wildman–Crippen LogP) is 0.221. The van der Waals surface area contributed by atoms with Crippen LogP contribution in [0.1, 0.15) is 0 Å². The lowest BCUT2D eigenvalue weighted by atomic mass is 10.2. The smallest absolute Gasteiger partial charge is 0.257 e. The molecule has 5 heteroatoms. The summed E-state index contributed by atoms with van der Waals surface area (Å²) in [6, 6.07) is 7.87. The fraction of sp³-hybridized carbons (Fsp3) is 0.462. The number of benzene rings is 1. The number of hydrogen-bond donors (Lipinski definition) is 2. The van der Waals surface area contributed by atoms with Gasteiger partial charge in [0.1, 0.15) is 5.75 Å². The van der Waals surface area contributed by atoms with Crippen molar-refractivity contribution in [3.63, 3.8) is 0 Å². The number of carbonyl (C=O) groups excluding carboxylic acids is 1. The maximum absolute atomic E-state index is 11.1. The number of nitrogens with zero attached hydrogens (tertiary/aromatic N) is 1. The zero-order valence-electron chi connectivity index (χ0n) is 10.6. The lowest BCUT2D eigenvalue weighted by molar-refractivity contribution is -0.122. The minimum Gasteiger partial charge on any atom is -0.484 e. The quantitative estimate of drug-likeness (QED) is 0.801. The molecule has 0 unspecified atom stereocenters. The summed E-state index contributed by atoms with van der Waals surface area (Å²) >= 11 is 0. The van der Waals surface area contributed by atoms with Crippen molar-refractivity contribution in [2.45, 2.75) is 0 Å². The van der Waals surface area contributed by atoms with E-state index in [0.717, 1.165) is 37.6 Å². The van der Waals surface area contributed by atoms with E-state index < -0.39 is 0 Å². The van der Waals surface area contributed by atoms with E-state index in [1.165, 1.54) is 0 Å². The maximum atomic E-state index is 11.1. The summed E-state index contributed by atoms with van der Waals surface area (Å²) in [6.07, 6.45) is 0. The summed E-state index contributed by atoms with van der Waals surface area (Å²) in [7, 11) is 1.60. The first-order valence-corrected chi connectivity index (χ1v) is 6.19. The molecule has 1 aromatic carbocycles. The van der Waals surface area contributed by atoms with Crippen LogP contribution in [0.4, 0.5) is 5.69 Å². The summed E-state index contributed by atoms with van der Waals surface area (Å²) in [6.45, 7) is 4.06. The Labute approximate surface area is 107 Å². The number of amides is 1. The molecule has 0 aromatic heterocycles. The molecule has 1 aliphatic rings. The van der Waals surface area contributed by atoms with Gasteiger partial charge in [0.25, 0.3) is 5.91 Å². The molecule has 0 aliphatic carbocycles. The largest absolute Gasteiger partial charge is 0.484 e. The summed E-state index contributed by atoms with van der Waals surface area (Å²) in [5.41, 5.74) is 1.14. The van der Waals surface area contributed by atoms with Gasteiger partial charge in [-0.15, -0.1) is 0 Å². The van der Waals surface area contributed by atoms with Gasteiger partial charge in [0.2, 0.25) is 0 Å². The number of hydrogen-bond acceptors (Lipinski definition) is 4. The van der Waals surface area contributed by atoms with E-state index in [0.29, 0.717) is 0 Å². The molecule has 0 bridgehead atoms. The molecule has 1 amide bonds. The number of ether oxygens (including phenoxy) is 1. The molecule has 0 spiro atoms. The van der Waals surface area contributed by atoms with E-state index in [4.69, 9.17) is 4.74 Å². The van der Waals surface area contributed by atoms with Crippen LogP contribution in [0, 0.1) is 0 Å². The first-order valence-electron chi connectivity index (χ1n) is 6.19. The molecular weight excluding hydrogens is 230 g/mol. The molecule has 2 rings (SSSR count). The minimum absolute atomic E-state index is 0.0571. The standard InChI is InChI=1S/C13H19N3O2/c1-14-13(17)10-18-12-4-2-3-11(9-12)16-7-5-15-6-8-16/h2-4,9,15H,5-8,10H2,1H3,(H,14,17). The third-order valence-corrected chi connectivity index (χ3v) is 2.95. The molecule has 1 aromatic rings. The number of rotatable bonds is 4. The number of likely N-dealkylation sites (N-methyl/N-ethyl adjacent to an activating group) is 1. The highest BCUT2D eigenvalue weighted by Gasteiger charge is 2.11. The van der Waals surface area contributed by atoms with Crippen molar-refractivity contribution in [2.24, 2.45) is 0 Å². The lowest BCUT2D eigenvalue weighted by Crippen LogP contribution is -2.43. The van der Waals surface area contributed by atoms with Crippen molar-refractivity contribution in [3.8, 4) is 5.75 Å². The van der Waals surface area contributed by atoms with Crippen LogP contribution in [0.3, 0.4) is 0 Å². The Kier molecular flexibility index (Phi) is 4.41. The van der Waals surface area contributed by atoms with Crippen molar-refractivity contribution < 1.29 is 9.53 Å². The molecule has 5 nitrogen and oxygen atoms in total. The van der Waals surface area contributed by atoms with Gasteiger partial charge in [-0.05, 0) is 12.1 Å². The third-order valence-electron chi connectivity index (χ3n) is 2.95. The van der Waals surface area contributed by atoms with E-state index in [-0.39, 0.29) is 12.5 Å². The van der Waals surface area contributed by atoms with Gasteiger partial charge in [-0.2, -0.15) is 0 Å². The van der Waals surface area contributed by atoms with E-state index >= 15 is 0 Å². The highest BCUT2D eigenvalue weighted by atomic mass is 16.5. The van der Waals surface area contributed by atoms with Gasteiger partial charge in [-0.25, -0.2) is 0 Å². The minimum atomic E-state index is -0.123. The van der Waals surface area contributed by atoms with Crippen LogP contribution in [-0.4, -0.2) is 45.7 Å². The van der Waals surface area contributed by atoms with Crippen molar-refractivity contribution in [1.82, 2.24) is 10.6 Å². The molecule has 1 heterocycles. The fourth-order valence-electron chi connectivity index (χ4n) is 1.91. The summed E-state index contributed by atoms with van der Waals surface area (Å²) < 4.78 is 5.44. The molecule has 18 heavy (non-hydrogen) atoms. The summed E-state index contributed by atoms with van der Waals surface area (Å²) in [5, 5.41) is 5.85. The molecule has 0 radical (unpaired) electrons. The topological polar surface area (TPSA) is 53.6 Å². The van der Waals surface area contributed by atoms with Gasteiger partial charge < -0.3 is 20.3 Å². The van der Waals surface area contributed by atoms with Gasteiger partial charge in [0.15, 0.2) is 6.61 Å². The maximum Gasteiger partial charge on any atom is 0.257 e. The first-order chi connectivity index (χ1) is 8.79. The molecular formula is C13H19N3O2. The van der Waals surface area contributed by atoms with Gasteiger partial charge in [0, 0.05) is 45.0 Å². The average Bonchev–Trinajstić information content (AvgIpc) is 2.46. The van der Waals surface area contributed by atoms with E-state index in [2.05, 4.69) is 21.6 Å². The molecule has 2 N–H and O–H groups in total. The van der Waals surface area contributed by atoms with E-state index in [1.54, 1.807) is 7.05 Å². The van der Waals surface area contributed by atoms with Gasteiger partial charge >= 0.3 is 0 Å². The lowest BCUT2D eigenvalue weighted by Gasteiger charge is -2.29. The van der Waals surface area contributed by atoms with E-state index in [9.17, 15) is 4.79 Å². The van der Waals surface area contributed by atoms with Gasteiger partial charge in [0.05, 0.1) is 0 Å². The van der Waals surface area contributed by atoms with Gasteiger partial charge in [-0.3, -0.25) is 4.79 Å². The Morgan fingerprint density at radius 3 is 2.94 bits per heavy atom. The first kappa shape index (κ1) is 12.7. The van der Waals surface area contributed by atoms with Crippen LogP contribution >= 0.6 is 0 Å². The third kappa shape index (κ3) is 3.37. The normalized spacial score (nSPS) is 15.3. The van der Waals surface area contributed by atoms with Crippen LogP contribution in [0.5, 0.6) is 5.75 Å². The second-order valence-corrected chi connectivity index (χ2v) is 4.20. The van der Waals surface area contributed by atoms with Crippen molar-refractivity contribution in [2.75, 3.05) is 44.7 Å². The molecule has 1 aliphatic heterocycles.